The Balaban J connectivity index is 0.000000980. The number of hydrogen-bond acceptors (Lipinski definition) is 2. The van der Waals surface area contributed by atoms with Crippen molar-refractivity contribution >= 4 is 18.3 Å². The molecule has 0 unspecified atom stereocenters. The fraction of sp³-hybridized carbons (Fsp3) is 0.900. The SMILES string of the molecule is Cl.O=C(N[C@H]1CCCNC1)C1CCC1. The molecule has 1 saturated heterocycles. The zero-order valence-electron chi connectivity index (χ0n) is 8.42. The van der Waals surface area contributed by atoms with Crippen molar-refractivity contribution in [3.8, 4) is 0 Å². The molecule has 1 atom stereocenters. The van der Waals surface area contributed by atoms with Crippen molar-refractivity contribution in [2.45, 2.75) is 38.1 Å². The van der Waals surface area contributed by atoms with E-state index in [2.05, 4.69) is 10.6 Å². The Hall–Kier alpha value is -0.280. The molecule has 1 saturated carbocycles. The maximum Gasteiger partial charge on any atom is 0.223 e. The van der Waals surface area contributed by atoms with Gasteiger partial charge in [0.05, 0.1) is 0 Å². The van der Waals surface area contributed by atoms with Gasteiger partial charge in [0, 0.05) is 18.5 Å². The Kier molecular flexibility index (Phi) is 4.69. The second-order valence-electron chi connectivity index (χ2n) is 4.18. The first kappa shape index (κ1) is 11.8. The van der Waals surface area contributed by atoms with E-state index >= 15 is 0 Å². The highest BCUT2D eigenvalue weighted by Gasteiger charge is 2.27. The molecule has 0 aromatic heterocycles. The topological polar surface area (TPSA) is 41.1 Å². The number of halogens is 1. The maximum atomic E-state index is 11.6. The summed E-state index contributed by atoms with van der Waals surface area (Å²) in [6.07, 6.45) is 5.78. The molecule has 3 nitrogen and oxygen atoms in total. The van der Waals surface area contributed by atoms with Crippen LogP contribution in [-0.2, 0) is 4.79 Å². The van der Waals surface area contributed by atoms with Gasteiger partial charge in [0.25, 0.3) is 0 Å². The number of carbonyl (C=O) groups excluding carboxylic acids is 1. The second kappa shape index (κ2) is 5.56. The summed E-state index contributed by atoms with van der Waals surface area (Å²) in [5.74, 6) is 0.627. The molecule has 1 aliphatic heterocycles. The van der Waals surface area contributed by atoms with Crippen LogP contribution in [-0.4, -0.2) is 25.0 Å². The molecule has 14 heavy (non-hydrogen) atoms. The van der Waals surface area contributed by atoms with E-state index in [-0.39, 0.29) is 12.4 Å². The zero-order valence-corrected chi connectivity index (χ0v) is 9.24. The predicted octanol–water partition coefficient (Wildman–Crippen LogP) is 1.08. The molecule has 1 aliphatic carbocycles. The molecular weight excluding hydrogens is 200 g/mol. The summed E-state index contributed by atoms with van der Waals surface area (Å²) >= 11 is 0. The molecule has 2 rings (SSSR count). The van der Waals surface area contributed by atoms with E-state index in [1.165, 1.54) is 12.8 Å². The average molecular weight is 219 g/mol. The maximum absolute atomic E-state index is 11.6. The van der Waals surface area contributed by atoms with Crippen molar-refractivity contribution in [3.05, 3.63) is 0 Å². The van der Waals surface area contributed by atoms with Gasteiger partial charge in [-0.05, 0) is 32.2 Å². The molecule has 0 radical (unpaired) electrons. The van der Waals surface area contributed by atoms with Crippen LogP contribution in [0.25, 0.3) is 0 Å². The largest absolute Gasteiger partial charge is 0.352 e. The number of rotatable bonds is 2. The summed E-state index contributed by atoms with van der Waals surface area (Å²) in [5, 5.41) is 6.42. The molecular formula is C10H19ClN2O. The van der Waals surface area contributed by atoms with Gasteiger partial charge in [0.1, 0.15) is 0 Å². The van der Waals surface area contributed by atoms with E-state index in [0.717, 1.165) is 32.4 Å². The summed E-state index contributed by atoms with van der Waals surface area (Å²) in [4.78, 5) is 11.6. The van der Waals surface area contributed by atoms with Gasteiger partial charge in [0.15, 0.2) is 0 Å². The summed E-state index contributed by atoms with van der Waals surface area (Å²) < 4.78 is 0. The molecule has 0 spiro atoms. The van der Waals surface area contributed by atoms with E-state index < -0.39 is 0 Å². The summed E-state index contributed by atoms with van der Waals surface area (Å²) in [6.45, 7) is 2.06. The Morgan fingerprint density at radius 3 is 2.50 bits per heavy atom. The van der Waals surface area contributed by atoms with Crippen molar-refractivity contribution < 1.29 is 4.79 Å². The lowest BCUT2D eigenvalue weighted by molar-refractivity contribution is -0.128. The number of nitrogens with one attached hydrogen (secondary N) is 2. The summed E-state index contributed by atoms with van der Waals surface area (Å²) in [6, 6.07) is 0.391. The quantitative estimate of drug-likeness (QED) is 0.728. The molecule has 2 fully saturated rings. The lowest BCUT2D eigenvalue weighted by Gasteiger charge is -2.29. The van der Waals surface area contributed by atoms with E-state index in [1.807, 2.05) is 0 Å². The van der Waals surface area contributed by atoms with Crippen LogP contribution in [0.15, 0.2) is 0 Å². The fourth-order valence-electron chi connectivity index (χ4n) is 1.96. The van der Waals surface area contributed by atoms with Crippen LogP contribution in [0.2, 0.25) is 0 Å². The third kappa shape index (κ3) is 2.85. The third-order valence-electron chi connectivity index (χ3n) is 3.12. The first-order chi connectivity index (χ1) is 6.36. The lowest BCUT2D eigenvalue weighted by atomic mass is 9.84. The molecule has 0 bridgehead atoms. The first-order valence-electron chi connectivity index (χ1n) is 5.37. The standard InChI is InChI=1S/C10H18N2O.ClH/c13-10(8-3-1-4-8)12-9-5-2-6-11-7-9;/h8-9,11H,1-7H2,(H,12,13);1H/t9-;/m0./s1. The Morgan fingerprint density at radius 1 is 1.21 bits per heavy atom. The minimum atomic E-state index is 0. The fourth-order valence-corrected chi connectivity index (χ4v) is 1.96. The van der Waals surface area contributed by atoms with Gasteiger partial charge in [-0.2, -0.15) is 0 Å². The molecule has 2 aliphatic rings. The number of amides is 1. The van der Waals surface area contributed by atoms with Gasteiger partial charge in [-0.3, -0.25) is 4.79 Å². The van der Waals surface area contributed by atoms with Gasteiger partial charge in [0.2, 0.25) is 5.91 Å². The lowest BCUT2D eigenvalue weighted by Crippen LogP contribution is -2.48. The molecule has 1 amide bonds. The second-order valence-corrected chi connectivity index (χ2v) is 4.18. The first-order valence-corrected chi connectivity index (χ1v) is 5.37. The van der Waals surface area contributed by atoms with E-state index in [1.54, 1.807) is 0 Å². The van der Waals surface area contributed by atoms with Gasteiger partial charge in [-0.1, -0.05) is 6.42 Å². The van der Waals surface area contributed by atoms with Gasteiger partial charge >= 0.3 is 0 Å². The average Bonchev–Trinajstić information content (AvgIpc) is 2.02. The number of carbonyl (C=O) groups is 1. The van der Waals surface area contributed by atoms with E-state index in [4.69, 9.17) is 0 Å². The normalized spacial score (nSPS) is 27.3. The molecule has 4 heteroatoms. The van der Waals surface area contributed by atoms with Crippen LogP contribution in [0.3, 0.4) is 0 Å². The van der Waals surface area contributed by atoms with Gasteiger partial charge in [-0.25, -0.2) is 0 Å². The van der Waals surface area contributed by atoms with E-state index in [9.17, 15) is 4.79 Å². The third-order valence-corrected chi connectivity index (χ3v) is 3.12. The van der Waals surface area contributed by atoms with Crippen LogP contribution in [0.5, 0.6) is 0 Å². The van der Waals surface area contributed by atoms with Gasteiger partial charge < -0.3 is 10.6 Å². The van der Waals surface area contributed by atoms with Crippen molar-refractivity contribution in [1.29, 1.82) is 0 Å². The van der Waals surface area contributed by atoms with E-state index in [0.29, 0.717) is 17.9 Å². The Morgan fingerprint density at radius 2 is 2.00 bits per heavy atom. The smallest absolute Gasteiger partial charge is 0.223 e. The van der Waals surface area contributed by atoms with Crippen LogP contribution < -0.4 is 10.6 Å². The monoisotopic (exact) mass is 218 g/mol. The highest BCUT2D eigenvalue weighted by Crippen LogP contribution is 2.26. The Bertz CT molecular complexity index is 189. The summed E-state index contributed by atoms with van der Waals surface area (Å²) in [5.41, 5.74) is 0. The minimum absolute atomic E-state index is 0. The highest BCUT2D eigenvalue weighted by atomic mass is 35.5. The molecule has 0 aromatic carbocycles. The van der Waals surface area contributed by atoms with Crippen LogP contribution in [0, 0.1) is 5.92 Å². The van der Waals surface area contributed by atoms with Crippen molar-refractivity contribution in [2.75, 3.05) is 13.1 Å². The van der Waals surface area contributed by atoms with Crippen LogP contribution in [0.4, 0.5) is 0 Å². The number of hydrogen-bond donors (Lipinski definition) is 2. The highest BCUT2D eigenvalue weighted by molar-refractivity contribution is 5.85. The minimum Gasteiger partial charge on any atom is -0.352 e. The molecule has 2 N–H and O–H groups in total. The van der Waals surface area contributed by atoms with Crippen molar-refractivity contribution in [3.63, 3.8) is 0 Å². The zero-order chi connectivity index (χ0) is 9.10. The van der Waals surface area contributed by atoms with Crippen molar-refractivity contribution in [2.24, 2.45) is 5.92 Å². The predicted molar refractivity (Wildman–Crippen MR) is 58.6 cm³/mol. The van der Waals surface area contributed by atoms with Crippen molar-refractivity contribution in [1.82, 2.24) is 10.6 Å². The summed E-state index contributed by atoms with van der Waals surface area (Å²) in [7, 11) is 0. The Labute approximate surface area is 91.4 Å². The van der Waals surface area contributed by atoms with Crippen LogP contribution >= 0.6 is 12.4 Å². The number of piperidine rings is 1. The van der Waals surface area contributed by atoms with Gasteiger partial charge in [-0.15, -0.1) is 12.4 Å². The van der Waals surface area contributed by atoms with Crippen LogP contribution in [0.1, 0.15) is 32.1 Å². The molecule has 0 aromatic rings. The molecule has 82 valence electrons. The molecule has 1 heterocycles.